The lowest BCUT2D eigenvalue weighted by molar-refractivity contribution is -0.136. The number of carbonyl (C=O) groups is 3. The molecule has 0 radical (unpaired) electrons. The van der Waals surface area contributed by atoms with Crippen molar-refractivity contribution in [1.82, 2.24) is 15.1 Å². The van der Waals surface area contributed by atoms with Crippen LogP contribution in [-0.2, 0) is 9.59 Å². The van der Waals surface area contributed by atoms with Gasteiger partial charge in [0.1, 0.15) is 12.2 Å². The topological polar surface area (TPSA) is 99.2 Å². The van der Waals surface area contributed by atoms with E-state index >= 15 is 0 Å². The third-order valence-electron chi connectivity index (χ3n) is 4.48. The molecule has 0 spiro atoms. The third kappa shape index (κ3) is 3.63. The van der Waals surface area contributed by atoms with Crippen molar-refractivity contribution in [2.24, 2.45) is 0 Å². The molecule has 4 amide bonds. The fourth-order valence-corrected chi connectivity index (χ4v) is 3.04. The van der Waals surface area contributed by atoms with Crippen LogP contribution in [0.5, 0.6) is 11.5 Å². The molecule has 2 aliphatic heterocycles. The molecule has 0 aliphatic carbocycles. The maximum absolute atomic E-state index is 12.5. The Morgan fingerprint density at radius 1 is 1.27 bits per heavy atom. The van der Waals surface area contributed by atoms with E-state index in [2.05, 4.69) is 5.32 Å². The number of hydrogen-bond donors (Lipinski definition) is 2. The Labute approximate surface area is 151 Å². The Morgan fingerprint density at radius 3 is 2.69 bits per heavy atom. The number of likely N-dealkylation sites (tertiary alicyclic amines) is 1. The molecule has 1 aromatic rings. The Hall–Kier alpha value is -3.03. The molecule has 2 saturated heterocycles. The van der Waals surface area contributed by atoms with Crippen molar-refractivity contribution in [3.8, 4) is 11.5 Å². The van der Waals surface area contributed by atoms with Crippen molar-refractivity contribution in [2.75, 3.05) is 26.7 Å². The van der Waals surface area contributed by atoms with E-state index in [1.54, 1.807) is 17.0 Å². The summed E-state index contributed by atoms with van der Waals surface area (Å²) in [6.07, 6.45) is 4.46. The van der Waals surface area contributed by atoms with Gasteiger partial charge in [0.25, 0.3) is 5.91 Å². The van der Waals surface area contributed by atoms with E-state index in [1.807, 2.05) is 0 Å². The SMILES string of the molecule is COc1cc(/C=C2\NC(=O)N(CC(=O)N3CCCCC3)C2=O)ccc1O. The van der Waals surface area contributed by atoms with Crippen molar-refractivity contribution in [3.63, 3.8) is 0 Å². The van der Waals surface area contributed by atoms with E-state index in [0.717, 1.165) is 24.2 Å². The van der Waals surface area contributed by atoms with E-state index in [1.165, 1.54) is 19.3 Å². The zero-order chi connectivity index (χ0) is 18.7. The lowest BCUT2D eigenvalue weighted by Gasteiger charge is -2.27. The number of carbonyl (C=O) groups excluding carboxylic acids is 3. The number of benzene rings is 1. The summed E-state index contributed by atoms with van der Waals surface area (Å²) < 4.78 is 5.03. The van der Waals surface area contributed by atoms with Gasteiger partial charge < -0.3 is 20.1 Å². The van der Waals surface area contributed by atoms with E-state index in [4.69, 9.17) is 4.74 Å². The number of nitrogens with one attached hydrogen (secondary N) is 1. The average Bonchev–Trinajstić information content (AvgIpc) is 2.91. The predicted molar refractivity (Wildman–Crippen MR) is 93.3 cm³/mol. The second-order valence-corrected chi connectivity index (χ2v) is 6.25. The largest absolute Gasteiger partial charge is 0.504 e. The van der Waals surface area contributed by atoms with E-state index < -0.39 is 11.9 Å². The van der Waals surface area contributed by atoms with Crippen molar-refractivity contribution in [1.29, 1.82) is 0 Å². The summed E-state index contributed by atoms with van der Waals surface area (Å²) in [6.45, 7) is 1.07. The second-order valence-electron chi connectivity index (χ2n) is 6.25. The summed E-state index contributed by atoms with van der Waals surface area (Å²) in [5.41, 5.74) is 0.654. The number of ether oxygens (including phenoxy) is 1. The van der Waals surface area contributed by atoms with Gasteiger partial charge in [0, 0.05) is 13.1 Å². The highest BCUT2D eigenvalue weighted by molar-refractivity contribution is 6.15. The molecule has 8 nitrogen and oxygen atoms in total. The molecule has 0 saturated carbocycles. The minimum Gasteiger partial charge on any atom is -0.504 e. The number of phenols is 1. The maximum atomic E-state index is 12.5. The van der Waals surface area contributed by atoms with Crippen LogP contribution in [0.25, 0.3) is 6.08 Å². The number of rotatable bonds is 4. The van der Waals surface area contributed by atoms with Gasteiger partial charge in [-0.1, -0.05) is 6.07 Å². The van der Waals surface area contributed by atoms with Crippen LogP contribution >= 0.6 is 0 Å². The molecule has 3 rings (SSSR count). The summed E-state index contributed by atoms with van der Waals surface area (Å²) >= 11 is 0. The summed E-state index contributed by atoms with van der Waals surface area (Å²) in [7, 11) is 1.42. The van der Waals surface area contributed by atoms with Gasteiger partial charge in [0.15, 0.2) is 11.5 Å². The summed E-state index contributed by atoms with van der Waals surface area (Å²) in [5, 5.41) is 12.1. The van der Waals surface area contributed by atoms with Crippen LogP contribution in [0.3, 0.4) is 0 Å². The molecule has 0 atom stereocenters. The maximum Gasteiger partial charge on any atom is 0.329 e. The first-order valence-electron chi connectivity index (χ1n) is 8.49. The number of methoxy groups -OCH3 is 1. The number of aromatic hydroxyl groups is 1. The molecule has 0 bridgehead atoms. The Kier molecular flexibility index (Phi) is 5.11. The molecule has 1 aromatic carbocycles. The van der Waals surface area contributed by atoms with Crippen LogP contribution in [-0.4, -0.2) is 59.5 Å². The molecule has 2 N–H and O–H groups in total. The highest BCUT2D eigenvalue weighted by Crippen LogP contribution is 2.27. The molecule has 26 heavy (non-hydrogen) atoms. The van der Waals surface area contributed by atoms with E-state index in [0.29, 0.717) is 18.7 Å². The van der Waals surface area contributed by atoms with Crippen LogP contribution in [0.1, 0.15) is 24.8 Å². The minimum atomic E-state index is -0.614. The van der Waals surface area contributed by atoms with Gasteiger partial charge in [0.2, 0.25) is 5.91 Å². The average molecular weight is 359 g/mol. The molecule has 0 unspecified atom stereocenters. The van der Waals surface area contributed by atoms with Crippen LogP contribution < -0.4 is 10.1 Å². The van der Waals surface area contributed by atoms with Gasteiger partial charge in [-0.3, -0.25) is 9.59 Å². The minimum absolute atomic E-state index is 0.0230. The molecule has 0 aromatic heterocycles. The highest BCUT2D eigenvalue weighted by atomic mass is 16.5. The Balaban J connectivity index is 1.73. The smallest absolute Gasteiger partial charge is 0.329 e. The highest BCUT2D eigenvalue weighted by Gasteiger charge is 2.36. The molecular formula is C18H21N3O5. The molecule has 2 fully saturated rings. The Bertz CT molecular complexity index is 768. The number of piperidine rings is 1. The van der Waals surface area contributed by atoms with Gasteiger partial charge in [0.05, 0.1) is 7.11 Å². The zero-order valence-corrected chi connectivity index (χ0v) is 14.5. The summed E-state index contributed by atoms with van der Waals surface area (Å²) in [4.78, 5) is 39.5. The number of hydrogen-bond acceptors (Lipinski definition) is 5. The summed E-state index contributed by atoms with van der Waals surface area (Å²) in [6, 6.07) is 3.96. The predicted octanol–water partition coefficient (Wildman–Crippen LogP) is 1.31. The standard InChI is InChI=1S/C18H21N3O5/c1-26-15-10-12(5-6-14(15)22)9-13-17(24)21(18(25)19-13)11-16(23)20-7-3-2-4-8-20/h5-6,9-10,22H,2-4,7-8,11H2,1H3,(H,19,25)/b13-9-. The van der Waals surface area contributed by atoms with Gasteiger partial charge >= 0.3 is 6.03 Å². The third-order valence-corrected chi connectivity index (χ3v) is 4.48. The van der Waals surface area contributed by atoms with Crippen LogP contribution in [0.15, 0.2) is 23.9 Å². The fraction of sp³-hybridized carbons (Fsp3) is 0.389. The van der Waals surface area contributed by atoms with Gasteiger partial charge in [-0.2, -0.15) is 0 Å². The number of phenolic OH excluding ortho intramolecular Hbond substituents is 1. The van der Waals surface area contributed by atoms with E-state index in [-0.39, 0.29) is 29.6 Å². The Morgan fingerprint density at radius 2 is 2.00 bits per heavy atom. The molecule has 138 valence electrons. The van der Waals surface area contributed by atoms with Crippen LogP contribution in [0, 0.1) is 0 Å². The second kappa shape index (κ2) is 7.47. The number of amides is 4. The number of imide groups is 1. The van der Waals surface area contributed by atoms with Gasteiger partial charge in [-0.15, -0.1) is 0 Å². The van der Waals surface area contributed by atoms with Crippen molar-refractivity contribution in [2.45, 2.75) is 19.3 Å². The monoisotopic (exact) mass is 359 g/mol. The van der Waals surface area contributed by atoms with Crippen LogP contribution in [0.4, 0.5) is 4.79 Å². The van der Waals surface area contributed by atoms with Crippen molar-refractivity contribution >= 4 is 23.9 Å². The molecular weight excluding hydrogens is 338 g/mol. The van der Waals surface area contributed by atoms with Crippen molar-refractivity contribution < 1.29 is 24.2 Å². The molecule has 2 heterocycles. The van der Waals surface area contributed by atoms with Crippen LogP contribution in [0.2, 0.25) is 0 Å². The lowest BCUT2D eigenvalue weighted by atomic mass is 10.1. The number of urea groups is 1. The summed E-state index contributed by atoms with van der Waals surface area (Å²) in [5.74, 6) is -0.536. The first-order chi connectivity index (χ1) is 12.5. The zero-order valence-electron chi connectivity index (χ0n) is 14.5. The van der Waals surface area contributed by atoms with Crippen molar-refractivity contribution in [3.05, 3.63) is 29.5 Å². The van der Waals surface area contributed by atoms with Gasteiger partial charge in [-0.25, -0.2) is 9.69 Å². The fourth-order valence-electron chi connectivity index (χ4n) is 3.04. The first kappa shape index (κ1) is 17.8. The van der Waals surface area contributed by atoms with E-state index in [9.17, 15) is 19.5 Å². The van der Waals surface area contributed by atoms with Gasteiger partial charge in [-0.05, 0) is 43.0 Å². The lowest BCUT2D eigenvalue weighted by Crippen LogP contribution is -2.44. The molecule has 2 aliphatic rings. The quantitative estimate of drug-likeness (QED) is 0.624. The normalized spacial score (nSPS) is 19.0. The first-order valence-corrected chi connectivity index (χ1v) is 8.49. The number of nitrogens with zero attached hydrogens (tertiary/aromatic N) is 2. The molecule has 8 heteroatoms.